The minimum Gasteiger partial charge on any atom is -0.344 e. The quantitative estimate of drug-likeness (QED) is 0.585. The van der Waals surface area contributed by atoms with Gasteiger partial charge in [-0.3, -0.25) is 0 Å². The second-order valence-electron chi connectivity index (χ2n) is 2.11. The van der Waals surface area contributed by atoms with Crippen LogP contribution in [0.4, 0.5) is 0 Å². The van der Waals surface area contributed by atoms with E-state index in [0.717, 1.165) is 12.5 Å². The minimum atomic E-state index is 0. The van der Waals surface area contributed by atoms with Gasteiger partial charge in [0, 0.05) is 16.3 Å². The van der Waals surface area contributed by atoms with Gasteiger partial charge in [0.25, 0.3) is 0 Å². The van der Waals surface area contributed by atoms with Gasteiger partial charge in [0.2, 0.25) is 0 Å². The molecule has 1 atom stereocenters. The molecule has 0 fully saturated rings. The van der Waals surface area contributed by atoms with Crippen LogP contribution in [0.2, 0.25) is 6.04 Å². The minimum absolute atomic E-state index is 0. The molecule has 1 unspecified atom stereocenters. The molecule has 2 nitrogen and oxygen atoms in total. The van der Waals surface area contributed by atoms with Crippen molar-refractivity contribution in [3.8, 4) is 0 Å². The molecule has 3 radical (unpaired) electrons. The molecule has 3 heteroatoms. The van der Waals surface area contributed by atoms with E-state index in [-0.39, 0.29) is 6.15 Å². The van der Waals surface area contributed by atoms with Gasteiger partial charge < -0.3 is 11.9 Å². The Morgan fingerprint density at radius 1 is 1.56 bits per heavy atom. The third kappa shape index (κ3) is 8.14. The lowest BCUT2D eigenvalue weighted by Gasteiger charge is -2.04. The maximum absolute atomic E-state index is 5.61. The summed E-state index contributed by atoms with van der Waals surface area (Å²) in [6, 6.07) is 1.30. The van der Waals surface area contributed by atoms with Gasteiger partial charge in [-0.2, -0.15) is 0 Å². The zero-order valence-electron chi connectivity index (χ0n) is 6.19. The lowest BCUT2D eigenvalue weighted by molar-refractivity contribution is 0.615. The molecule has 0 aromatic carbocycles. The molecule has 0 aliphatic rings. The normalized spacial score (nSPS) is 12.3. The van der Waals surface area contributed by atoms with Crippen molar-refractivity contribution in [1.82, 2.24) is 6.15 Å². The molecule has 9 heavy (non-hydrogen) atoms. The fourth-order valence-electron chi connectivity index (χ4n) is 0.568. The third-order valence-electron chi connectivity index (χ3n) is 1.19. The molecular weight excluding hydrogens is 128 g/mol. The predicted molar refractivity (Wildman–Crippen MR) is 43.1 cm³/mol. The number of nitrogens with two attached hydrogens (primary N) is 1. The molecule has 55 valence electrons. The standard InChI is InChI=1S/C6H14NSi.H3N/c1-2-3-4-6(7)5-8;/h6H,2-5,7H2,1H3;1H3. The maximum atomic E-state index is 5.61. The van der Waals surface area contributed by atoms with E-state index in [9.17, 15) is 0 Å². The highest BCUT2D eigenvalue weighted by molar-refractivity contribution is 6.08. The van der Waals surface area contributed by atoms with Gasteiger partial charge in [-0.15, -0.1) is 0 Å². The second kappa shape index (κ2) is 8.14. The molecule has 0 saturated carbocycles. The van der Waals surface area contributed by atoms with Gasteiger partial charge in [0.1, 0.15) is 0 Å². The van der Waals surface area contributed by atoms with Crippen LogP contribution in [-0.4, -0.2) is 16.3 Å². The molecule has 0 amide bonds. The molecule has 0 heterocycles. The maximum Gasteiger partial charge on any atom is 0.0241 e. The van der Waals surface area contributed by atoms with Crippen molar-refractivity contribution < 1.29 is 0 Å². The number of rotatable bonds is 4. The van der Waals surface area contributed by atoms with Crippen molar-refractivity contribution in [2.75, 3.05) is 0 Å². The molecule has 0 aliphatic heterocycles. The summed E-state index contributed by atoms with van der Waals surface area (Å²) in [7, 11) is 3.36. The van der Waals surface area contributed by atoms with Crippen LogP contribution in [0.1, 0.15) is 26.2 Å². The first-order valence-electron chi connectivity index (χ1n) is 3.21. The van der Waals surface area contributed by atoms with E-state index in [0.29, 0.717) is 6.04 Å². The summed E-state index contributed by atoms with van der Waals surface area (Å²) < 4.78 is 0. The number of unbranched alkanes of at least 4 members (excludes halogenated alkanes) is 1. The van der Waals surface area contributed by atoms with Crippen LogP contribution in [-0.2, 0) is 0 Å². The van der Waals surface area contributed by atoms with Crippen molar-refractivity contribution in [2.45, 2.75) is 38.3 Å². The van der Waals surface area contributed by atoms with E-state index < -0.39 is 0 Å². The second-order valence-corrected chi connectivity index (χ2v) is 2.51. The van der Waals surface area contributed by atoms with Crippen molar-refractivity contribution in [3.05, 3.63) is 0 Å². The van der Waals surface area contributed by atoms with E-state index in [2.05, 4.69) is 17.2 Å². The number of hydrogen-bond donors (Lipinski definition) is 2. The fraction of sp³-hybridized carbons (Fsp3) is 1.00. The van der Waals surface area contributed by atoms with E-state index >= 15 is 0 Å². The molecule has 0 bridgehead atoms. The molecular formula is C6H17N2Si. The molecule has 0 saturated heterocycles. The van der Waals surface area contributed by atoms with E-state index in [1.807, 2.05) is 0 Å². The van der Waals surface area contributed by atoms with Crippen LogP contribution in [0.25, 0.3) is 0 Å². The molecule has 0 aliphatic carbocycles. The van der Waals surface area contributed by atoms with Gasteiger partial charge in [0.15, 0.2) is 0 Å². The van der Waals surface area contributed by atoms with Crippen LogP contribution in [0, 0.1) is 0 Å². The van der Waals surface area contributed by atoms with E-state index in [1.165, 1.54) is 12.8 Å². The summed E-state index contributed by atoms with van der Waals surface area (Å²) in [5.74, 6) is 0. The molecule has 0 spiro atoms. The summed E-state index contributed by atoms with van der Waals surface area (Å²) in [5.41, 5.74) is 5.61. The first-order chi connectivity index (χ1) is 3.81. The Morgan fingerprint density at radius 3 is 2.44 bits per heavy atom. The van der Waals surface area contributed by atoms with Crippen LogP contribution in [0.15, 0.2) is 0 Å². The topological polar surface area (TPSA) is 61.0 Å². The Hall–Kier alpha value is 0.137. The first-order valence-corrected chi connectivity index (χ1v) is 3.92. The summed E-state index contributed by atoms with van der Waals surface area (Å²) in [5, 5.41) is 0. The largest absolute Gasteiger partial charge is 0.344 e. The summed E-state index contributed by atoms with van der Waals surface area (Å²) in [4.78, 5) is 0. The highest BCUT2D eigenvalue weighted by Gasteiger charge is 1.94. The summed E-state index contributed by atoms with van der Waals surface area (Å²) >= 11 is 0. The van der Waals surface area contributed by atoms with Crippen LogP contribution in [0.5, 0.6) is 0 Å². The Morgan fingerprint density at radius 2 is 2.11 bits per heavy atom. The lowest BCUT2D eigenvalue weighted by Crippen LogP contribution is -2.18. The zero-order chi connectivity index (χ0) is 6.41. The highest BCUT2D eigenvalue weighted by atomic mass is 28.1. The van der Waals surface area contributed by atoms with Crippen LogP contribution >= 0.6 is 0 Å². The molecule has 5 N–H and O–H groups in total. The third-order valence-corrected chi connectivity index (χ3v) is 1.72. The Balaban J connectivity index is 0. The summed E-state index contributed by atoms with van der Waals surface area (Å²) in [6.07, 6.45) is 3.66. The lowest BCUT2D eigenvalue weighted by atomic mass is 10.2. The van der Waals surface area contributed by atoms with Crippen LogP contribution in [0.3, 0.4) is 0 Å². The number of hydrogen-bond acceptors (Lipinski definition) is 2. The average Bonchev–Trinajstić information content (AvgIpc) is 1.83. The smallest absolute Gasteiger partial charge is 0.0241 e. The van der Waals surface area contributed by atoms with Crippen molar-refractivity contribution >= 4 is 10.2 Å². The average molecular weight is 145 g/mol. The molecule has 0 rings (SSSR count). The van der Waals surface area contributed by atoms with E-state index in [1.54, 1.807) is 0 Å². The molecule has 0 aromatic rings. The van der Waals surface area contributed by atoms with Gasteiger partial charge in [-0.25, -0.2) is 0 Å². The monoisotopic (exact) mass is 145 g/mol. The van der Waals surface area contributed by atoms with Crippen molar-refractivity contribution in [1.29, 1.82) is 0 Å². The SMILES string of the molecule is CCCCC(N)C[Si].N. The van der Waals surface area contributed by atoms with Gasteiger partial charge in [0.05, 0.1) is 0 Å². The van der Waals surface area contributed by atoms with Crippen molar-refractivity contribution in [2.24, 2.45) is 5.73 Å². The van der Waals surface area contributed by atoms with Gasteiger partial charge in [-0.1, -0.05) is 19.8 Å². The zero-order valence-corrected chi connectivity index (χ0v) is 7.19. The molecule has 0 aromatic heterocycles. The van der Waals surface area contributed by atoms with E-state index in [4.69, 9.17) is 5.73 Å². The predicted octanol–water partition coefficient (Wildman–Crippen LogP) is 1.25. The van der Waals surface area contributed by atoms with Crippen LogP contribution < -0.4 is 11.9 Å². The van der Waals surface area contributed by atoms with Crippen molar-refractivity contribution in [3.63, 3.8) is 0 Å². The van der Waals surface area contributed by atoms with Gasteiger partial charge >= 0.3 is 0 Å². The Kier molecular flexibility index (Phi) is 10.7. The fourth-order valence-corrected chi connectivity index (χ4v) is 0.772. The Bertz CT molecular complexity index is 50.3. The Labute approximate surface area is 61.2 Å². The summed E-state index contributed by atoms with van der Waals surface area (Å²) in [6.45, 7) is 2.18. The highest BCUT2D eigenvalue weighted by Crippen LogP contribution is 1.99. The van der Waals surface area contributed by atoms with Gasteiger partial charge in [-0.05, 0) is 12.5 Å². The first kappa shape index (κ1) is 11.9.